The average molecular weight is 313 g/mol. The Morgan fingerprint density at radius 1 is 1.05 bits per heavy atom. The van der Waals surface area contributed by atoms with Crippen LogP contribution in [0.15, 0.2) is 48.5 Å². The summed E-state index contributed by atoms with van der Waals surface area (Å²) in [6, 6.07) is 16.6. The predicted octanol–water partition coefficient (Wildman–Crippen LogP) is 4.98. The molecule has 0 saturated carbocycles. The van der Waals surface area contributed by atoms with Gasteiger partial charge >= 0.3 is 0 Å². The number of para-hydroxylation sites is 1. The van der Waals surface area contributed by atoms with Gasteiger partial charge in [0, 0.05) is 21.6 Å². The Hall–Kier alpha value is -1.77. The van der Waals surface area contributed by atoms with E-state index in [1.165, 1.54) is 22.2 Å². The smallest absolute Gasteiger partial charge is 0.0497 e. The molecule has 0 saturated heterocycles. The number of nitrogens with one attached hydrogen (secondary N) is 1. The summed E-state index contributed by atoms with van der Waals surface area (Å²) in [5, 5.41) is 2.09. The van der Waals surface area contributed by atoms with E-state index in [0.717, 1.165) is 30.0 Å². The molecule has 3 rings (SSSR count). The van der Waals surface area contributed by atoms with E-state index in [4.69, 9.17) is 11.6 Å². The molecule has 1 N–H and O–H groups in total. The van der Waals surface area contributed by atoms with Crippen molar-refractivity contribution in [3.05, 3.63) is 59.1 Å². The first-order valence-corrected chi connectivity index (χ1v) is 8.03. The van der Waals surface area contributed by atoms with Crippen molar-refractivity contribution in [2.75, 3.05) is 20.6 Å². The Bertz CT molecular complexity index is 774. The van der Waals surface area contributed by atoms with E-state index < -0.39 is 0 Å². The van der Waals surface area contributed by atoms with Gasteiger partial charge in [-0.05, 0) is 62.8 Å². The summed E-state index contributed by atoms with van der Waals surface area (Å²) >= 11 is 6.17. The number of aromatic nitrogens is 1. The van der Waals surface area contributed by atoms with Gasteiger partial charge in [-0.1, -0.05) is 41.9 Å². The number of hydrogen-bond acceptors (Lipinski definition) is 1. The van der Waals surface area contributed by atoms with Gasteiger partial charge in [0.2, 0.25) is 0 Å². The zero-order chi connectivity index (χ0) is 15.5. The maximum Gasteiger partial charge on any atom is 0.0497 e. The van der Waals surface area contributed by atoms with Crippen LogP contribution < -0.4 is 0 Å². The van der Waals surface area contributed by atoms with Crippen LogP contribution in [0.5, 0.6) is 0 Å². The van der Waals surface area contributed by atoms with E-state index in [9.17, 15) is 0 Å². The van der Waals surface area contributed by atoms with E-state index in [-0.39, 0.29) is 0 Å². The summed E-state index contributed by atoms with van der Waals surface area (Å²) in [5.74, 6) is 0. The topological polar surface area (TPSA) is 19.0 Å². The predicted molar refractivity (Wildman–Crippen MR) is 95.6 cm³/mol. The quantitative estimate of drug-likeness (QED) is 0.703. The number of rotatable bonds is 5. The molecule has 0 aliphatic rings. The first-order valence-electron chi connectivity index (χ1n) is 7.65. The minimum atomic E-state index is 0.774. The molecule has 2 nitrogen and oxygen atoms in total. The normalized spacial score (nSPS) is 11.5. The zero-order valence-electron chi connectivity index (χ0n) is 13.1. The Balaban J connectivity index is 2.04. The van der Waals surface area contributed by atoms with E-state index >= 15 is 0 Å². The lowest BCUT2D eigenvalue weighted by atomic mass is 10.0. The monoisotopic (exact) mass is 312 g/mol. The van der Waals surface area contributed by atoms with E-state index in [1.54, 1.807) is 0 Å². The third-order valence-corrected chi connectivity index (χ3v) is 4.19. The van der Waals surface area contributed by atoms with Gasteiger partial charge in [-0.25, -0.2) is 0 Å². The molecule has 3 heteroatoms. The van der Waals surface area contributed by atoms with Crippen molar-refractivity contribution in [2.45, 2.75) is 12.8 Å². The Morgan fingerprint density at radius 3 is 2.64 bits per heavy atom. The number of aryl methyl sites for hydroxylation is 1. The highest BCUT2D eigenvalue weighted by Gasteiger charge is 2.13. The molecule has 0 spiro atoms. The summed E-state index contributed by atoms with van der Waals surface area (Å²) < 4.78 is 0. The van der Waals surface area contributed by atoms with Gasteiger partial charge < -0.3 is 9.88 Å². The standard InChI is InChI=1S/C19H21ClN2/c1-22(2)12-6-10-17-16-9-3-4-11-18(16)21-19(17)14-7-5-8-15(20)13-14/h3-5,7-9,11,13,21H,6,10,12H2,1-2H3. The maximum atomic E-state index is 6.17. The molecule has 22 heavy (non-hydrogen) atoms. The average Bonchev–Trinajstić information content (AvgIpc) is 2.86. The molecular formula is C19H21ClN2. The van der Waals surface area contributed by atoms with Crippen molar-refractivity contribution in [1.29, 1.82) is 0 Å². The molecule has 0 atom stereocenters. The highest BCUT2D eigenvalue weighted by atomic mass is 35.5. The van der Waals surface area contributed by atoms with Crippen molar-refractivity contribution in [3.8, 4) is 11.3 Å². The van der Waals surface area contributed by atoms with Crippen LogP contribution >= 0.6 is 11.6 Å². The first-order chi connectivity index (χ1) is 10.6. The van der Waals surface area contributed by atoms with Crippen molar-refractivity contribution in [3.63, 3.8) is 0 Å². The van der Waals surface area contributed by atoms with Crippen LogP contribution in [0.1, 0.15) is 12.0 Å². The Labute approximate surface area is 136 Å². The summed E-state index contributed by atoms with van der Waals surface area (Å²) in [5.41, 5.74) is 4.93. The lowest BCUT2D eigenvalue weighted by Gasteiger charge is -2.10. The van der Waals surface area contributed by atoms with Gasteiger partial charge in [0.1, 0.15) is 0 Å². The third kappa shape index (κ3) is 3.18. The summed E-state index contributed by atoms with van der Waals surface area (Å²) in [6.07, 6.45) is 2.20. The van der Waals surface area contributed by atoms with Crippen LogP contribution in [-0.2, 0) is 6.42 Å². The Morgan fingerprint density at radius 2 is 1.86 bits per heavy atom. The van der Waals surface area contributed by atoms with Crippen molar-refractivity contribution in [1.82, 2.24) is 9.88 Å². The third-order valence-electron chi connectivity index (χ3n) is 3.96. The van der Waals surface area contributed by atoms with E-state index in [1.807, 2.05) is 18.2 Å². The number of H-pyrrole nitrogens is 1. The van der Waals surface area contributed by atoms with Gasteiger partial charge in [0.05, 0.1) is 0 Å². The molecule has 1 heterocycles. The molecule has 0 bridgehead atoms. The molecule has 0 radical (unpaired) electrons. The second-order valence-electron chi connectivity index (χ2n) is 5.94. The van der Waals surface area contributed by atoms with Crippen molar-refractivity contribution in [2.24, 2.45) is 0 Å². The van der Waals surface area contributed by atoms with Gasteiger partial charge in [-0.3, -0.25) is 0 Å². The second-order valence-corrected chi connectivity index (χ2v) is 6.38. The van der Waals surface area contributed by atoms with Crippen LogP contribution in [-0.4, -0.2) is 30.5 Å². The molecule has 0 aliphatic heterocycles. The zero-order valence-corrected chi connectivity index (χ0v) is 13.8. The molecule has 114 valence electrons. The minimum absolute atomic E-state index is 0.774. The summed E-state index contributed by atoms with van der Waals surface area (Å²) in [6.45, 7) is 1.09. The lowest BCUT2D eigenvalue weighted by molar-refractivity contribution is 0.400. The number of hydrogen-bond donors (Lipinski definition) is 1. The fourth-order valence-electron chi connectivity index (χ4n) is 2.92. The fraction of sp³-hybridized carbons (Fsp3) is 0.263. The molecule has 0 fully saturated rings. The number of nitrogens with zero attached hydrogens (tertiary/aromatic N) is 1. The van der Waals surface area contributed by atoms with Gasteiger partial charge in [0.25, 0.3) is 0 Å². The van der Waals surface area contributed by atoms with Gasteiger partial charge in [-0.15, -0.1) is 0 Å². The number of benzene rings is 2. The second kappa shape index (κ2) is 6.55. The molecule has 2 aromatic carbocycles. The summed E-state index contributed by atoms with van der Waals surface area (Å²) in [4.78, 5) is 5.80. The molecule has 1 aromatic heterocycles. The van der Waals surface area contributed by atoms with Crippen LogP contribution in [0, 0.1) is 0 Å². The molecule has 0 aliphatic carbocycles. The number of fused-ring (bicyclic) bond motifs is 1. The SMILES string of the molecule is CN(C)CCCc1c(-c2cccc(Cl)c2)[nH]c2ccccc12. The van der Waals surface area contributed by atoms with E-state index in [0.29, 0.717) is 0 Å². The van der Waals surface area contributed by atoms with Crippen molar-refractivity contribution < 1.29 is 0 Å². The largest absolute Gasteiger partial charge is 0.354 e. The molecular weight excluding hydrogens is 292 g/mol. The molecule has 3 aromatic rings. The fourth-order valence-corrected chi connectivity index (χ4v) is 3.11. The van der Waals surface area contributed by atoms with Crippen molar-refractivity contribution >= 4 is 22.5 Å². The minimum Gasteiger partial charge on any atom is -0.354 e. The molecule has 0 amide bonds. The van der Waals surface area contributed by atoms with Crippen LogP contribution in [0.2, 0.25) is 5.02 Å². The van der Waals surface area contributed by atoms with Gasteiger partial charge in [0.15, 0.2) is 0 Å². The summed E-state index contributed by atoms with van der Waals surface area (Å²) in [7, 11) is 4.24. The van der Waals surface area contributed by atoms with Crippen LogP contribution in [0.25, 0.3) is 22.2 Å². The number of halogens is 1. The maximum absolute atomic E-state index is 6.17. The highest BCUT2D eigenvalue weighted by Crippen LogP contribution is 2.32. The van der Waals surface area contributed by atoms with Gasteiger partial charge in [-0.2, -0.15) is 0 Å². The Kier molecular flexibility index (Phi) is 4.51. The first kappa shape index (κ1) is 15.1. The van der Waals surface area contributed by atoms with E-state index in [2.05, 4.69) is 54.3 Å². The lowest BCUT2D eigenvalue weighted by Crippen LogP contribution is -2.13. The number of aromatic amines is 1. The van der Waals surface area contributed by atoms with Crippen LogP contribution in [0.3, 0.4) is 0 Å². The highest BCUT2D eigenvalue weighted by molar-refractivity contribution is 6.30. The molecule has 0 unspecified atom stereocenters. The van der Waals surface area contributed by atoms with Crippen LogP contribution in [0.4, 0.5) is 0 Å².